The summed E-state index contributed by atoms with van der Waals surface area (Å²) in [5, 5.41) is 11.1. The minimum absolute atomic E-state index is 0.108. The molecule has 318 valence electrons. The van der Waals surface area contributed by atoms with Crippen molar-refractivity contribution in [3.8, 4) is 23.0 Å². The Kier molecular flexibility index (Phi) is 13.6. The maximum Gasteiger partial charge on any atom is 0.129 e. The van der Waals surface area contributed by atoms with Crippen molar-refractivity contribution in [2.45, 2.75) is 138 Å². The first-order valence-corrected chi connectivity index (χ1v) is 21.5. The molecule has 0 bridgehead atoms. The Morgan fingerprint density at radius 2 is 1.05 bits per heavy atom. The van der Waals surface area contributed by atoms with Gasteiger partial charge in [-0.15, -0.1) is 0 Å². The fourth-order valence-electron chi connectivity index (χ4n) is 8.29. The van der Waals surface area contributed by atoms with Gasteiger partial charge in [0.1, 0.15) is 42.3 Å². The number of allylic oxidation sites excluding steroid dienone is 1. The zero-order valence-electron chi connectivity index (χ0n) is 37.9. The highest BCUT2D eigenvalue weighted by Crippen LogP contribution is 2.41. The van der Waals surface area contributed by atoms with Crippen LogP contribution in [0.1, 0.15) is 121 Å². The Morgan fingerprint density at radius 3 is 1.51 bits per heavy atom. The molecule has 59 heavy (non-hydrogen) atoms. The molecule has 7 nitrogen and oxygen atoms in total. The first-order valence-electron chi connectivity index (χ1n) is 21.5. The molecule has 0 amide bonds. The van der Waals surface area contributed by atoms with Crippen molar-refractivity contribution in [2.24, 2.45) is 0 Å². The normalized spacial score (nSPS) is 17.5. The second-order valence-electron chi connectivity index (χ2n) is 18.3. The van der Waals surface area contributed by atoms with Crippen molar-refractivity contribution in [2.75, 3.05) is 33.0 Å². The minimum Gasteiger partial charge on any atom is -0.493 e. The van der Waals surface area contributed by atoms with Crippen LogP contribution in [0.3, 0.4) is 0 Å². The lowest BCUT2D eigenvalue weighted by Crippen LogP contribution is -2.23. The van der Waals surface area contributed by atoms with Crippen LogP contribution in [0.15, 0.2) is 54.6 Å². The standard InChI is InChI=1S/C52H68O7/c1-14-15-39-26-43(52(12,13)41-20-33(4)48(34(5)21-41)58-30-46-29-56-46)24-37(8)50(39)54-17-16-44(53)27-57-47-31(2)18-40(19-32(47)3)51(10,11)42-22-35(6)49(36(7)23-42)59-38(9)25-45-28-55-45/h14-15,18-24,26,38,44-46,53H,16-17,25,27-30H2,1-13H3. The van der Waals surface area contributed by atoms with E-state index in [9.17, 15) is 5.11 Å². The third-order valence-electron chi connectivity index (χ3n) is 12.2. The molecule has 4 atom stereocenters. The zero-order valence-corrected chi connectivity index (χ0v) is 37.9. The number of epoxide rings is 2. The molecule has 0 aliphatic carbocycles. The van der Waals surface area contributed by atoms with Crippen LogP contribution in [0.25, 0.3) is 6.08 Å². The highest BCUT2D eigenvalue weighted by atomic mass is 16.6. The summed E-state index contributed by atoms with van der Waals surface area (Å²) in [6.45, 7) is 30.8. The van der Waals surface area contributed by atoms with Crippen molar-refractivity contribution in [1.82, 2.24) is 0 Å². The Balaban J connectivity index is 1.07. The van der Waals surface area contributed by atoms with Crippen molar-refractivity contribution in [3.05, 3.63) is 121 Å². The van der Waals surface area contributed by atoms with Crippen molar-refractivity contribution >= 4 is 6.08 Å². The smallest absolute Gasteiger partial charge is 0.129 e. The lowest BCUT2D eigenvalue weighted by Gasteiger charge is -2.30. The summed E-state index contributed by atoms with van der Waals surface area (Å²) >= 11 is 0. The number of aliphatic hydroxyl groups is 1. The third kappa shape index (κ3) is 10.5. The number of aryl methyl sites for hydroxylation is 7. The molecule has 0 radical (unpaired) electrons. The quantitative estimate of drug-likeness (QED) is 0.0945. The molecule has 0 aromatic heterocycles. The molecule has 2 aliphatic rings. The summed E-state index contributed by atoms with van der Waals surface area (Å²) in [5.74, 6) is 3.58. The van der Waals surface area contributed by atoms with Gasteiger partial charge in [-0.25, -0.2) is 0 Å². The van der Waals surface area contributed by atoms with E-state index in [4.69, 9.17) is 28.4 Å². The summed E-state index contributed by atoms with van der Waals surface area (Å²) in [7, 11) is 0. The molecule has 2 aliphatic heterocycles. The average molecular weight is 805 g/mol. The van der Waals surface area contributed by atoms with Crippen LogP contribution < -0.4 is 18.9 Å². The van der Waals surface area contributed by atoms with Crippen LogP contribution in [0.2, 0.25) is 0 Å². The molecule has 4 aromatic rings. The van der Waals surface area contributed by atoms with Gasteiger partial charge < -0.3 is 33.5 Å². The van der Waals surface area contributed by atoms with E-state index in [2.05, 4.69) is 138 Å². The molecule has 2 heterocycles. The summed E-state index contributed by atoms with van der Waals surface area (Å²) < 4.78 is 36.0. The number of hydrogen-bond acceptors (Lipinski definition) is 7. The molecule has 2 saturated heterocycles. The predicted molar refractivity (Wildman–Crippen MR) is 239 cm³/mol. The van der Waals surface area contributed by atoms with Crippen LogP contribution >= 0.6 is 0 Å². The van der Waals surface area contributed by atoms with Gasteiger partial charge in [-0.3, -0.25) is 0 Å². The van der Waals surface area contributed by atoms with Crippen molar-refractivity contribution in [1.29, 1.82) is 0 Å². The van der Waals surface area contributed by atoms with Crippen molar-refractivity contribution in [3.63, 3.8) is 0 Å². The maximum atomic E-state index is 11.1. The van der Waals surface area contributed by atoms with Gasteiger partial charge in [0, 0.05) is 29.2 Å². The Hall–Kier alpha value is -4.30. The fourth-order valence-corrected chi connectivity index (χ4v) is 8.29. The topological polar surface area (TPSA) is 82.2 Å². The molecule has 1 N–H and O–H groups in total. The van der Waals surface area contributed by atoms with Gasteiger partial charge in [-0.2, -0.15) is 0 Å². The molecule has 7 heteroatoms. The lowest BCUT2D eigenvalue weighted by molar-refractivity contribution is 0.0850. The molecular weight excluding hydrogens is 737 g/mol. The molecular formula is C52H68O7. The Bertz CT molecular complexity index is 2080. The van der Waals surface area contributed by atoms with Gasteiger partial charge in [0.15, 0.2) is 0 Å². The monoisotopic (exact) mass is 804 g/mol. The third-order valence-corrected chi connectivity index (χ3v) is 12.2. The fraction of sp³-hybridized carbons (Fsp3) is 0.500. The van der Waals surface area contributed by atoms with Crippen molar-refractivity contribution < 1.29 is 33.5 Å². The van der Waals surface area contributed by atoms with E-state index >= 15 is 0 Å². The van der Waals surface area contributed by atoms with E-state index in [1.54, 1.807) is 0 Å². The number of rotatable bonds is 19. The van der Waals surface area contributed by atoms with Gasteiger partial charge in [0.05, 0.1) is 38.1 Å². The Morgan fingerprint density at radius 1 is 0.627 bits per heavy atom. The van der Waals surface area contributed by atoms with Gasteiger partial charge in [-0.1, -0.05) is 82.3 Å². The number of ether oxygens (including phenoxy) is 6. The van der Waals surface area contributed by atoms with E-state index < -0.39 is 6.10 Å². The van der Waals surface area contributed by atoms with Crippen LogP contribution in [0.5, 0.6) is 23.0 Å². The maximum absolute atomic E-state index is 11.1. The minimum atomic E-state index is -0.685. The SMILES string of the molecule is CC=Cc1cc(C(C)(C)c2cc(C)c(OCC3CO3)c(C)c2)cc(C)c1OCCC(O)COc1c(C)cc(C(C)(C)c2cc(C)c(OC(C)CC3CO3)c(C)c2)cc1C. The average Bonchev–Trinajstić information content (AvgIpc) is 4.11. The molecule has 4 unspecified atom stereocenters. The van der Waals surface area contributed by atoms with Gasteiger partial charge >= 0.3 is 0 Å². The Labute approximate surface area is 354 Å². The van der Waals surface area contributed by atoms with Crippen LogP contribution in [-0.2, 0) is 20.3 Å². The number of benzene rings is 4. The summed E-state index contributed by atoms with van der Waals surface area (Å²) in [5.41, 5.74) is 13.1. The molecule has 6 rings (SSSR count). The van der Waals surface area contributed by atoms with Gasteiger partial charge in [0.2, 0.25) is 0 Å². The van der Waals surface area contributed by atoms with Gasteiger partial charge in [0.25, 0.3) is 0 Å². The summed E-state index contributed by atoms with van der Waals surface area (Å²) in [6, 6.07) is 17.9. The second kappa shape index (κ2) is 18.1. The molecule has 0 saturated carbocycles. The van der Waals surface area contributed by atoms with Gasteiger partial charge in [-0.05, 0) is 130 Å². The molecule has 2 fully saturated rings. The van der Waals surface area contributed by atoms with E-state index in [0.29, 0.717) is 25.7 Å². The lowest BCUT2D eigenvalue weighted by atomic mass is 9.76. The number of hydrogen-bond donors (Lipinski definition) is 1. The highest BCUT2D eigenvalue weighted by Gasteiger charge is 2.30. The molecule has 4 aromatic carbocycles. The number of aliphatic hydroxyl groups excluding tert-OH is 1. The van der Waals surface area contributed by atoms with Crippen LogP contribution in [0.4, 0.5) is 0 Å². The first kappa shape index (κ1) is 44.3. The zero-order chi connectivity index (χ0) is 42.8. The predicted octanol–water partition coefficient (Wildman–Crippen LogP) is 11.1. The van der Waals surface area contributed by atoms with E-state index in [-0.39, 0.29) is 29.6 Å². The van der Waals surface area contributed by atoms with E-state index in [0.717, 1.165) is 87.1 Å². The summed E-state index contributed by atoms with van der Waals surface area (Å²) in [6.07, 6.45) is 5.49. The highest BCUT2D eigenvalue weighted by molar-refractivity contribution is 5.63. The molecule has 0 spiro atoms. The van der Waals surface area contributed by atoms with E-state index in [1.807, 2.05) is 13.0 Å². The van der Waals surface area contributed by atoms with E-state index in [1.165, 1.54) is 22.3 Å². The van der Waals surface area contributed by atoms with Crippen LogP contribution in [0, 0.1) is 48.5 Å². The second-order valence-corrected chi connectivity index (χ2v) is 18.3. The largest absolute Gasteiger partial charge is 0.493 e. The summed E-state index contributed by atoms with van der Waals surface area (Å²) in [4.78, 5) is 0. The first-order chi connectivity index (χ1) is 27.9. The van der Waals surface area contributed by atoms with Crippen LogP contribution in [-0.4, -0.2) is 62.6 Å².